The third-order valence-corrected chi connectivity index (χ3v) is 2.60. The van der Waals surface area contributed by atoms with Gasteiger partial charge in [-0.15, -0.1) is 0 Å². The van der Waals surface area contributed by atoms with Crippen molar-refractivity contribution in [3.05, 3.63) is 35.9 Å². The number of hydrogen-bond donors (Lipinski definition) is 1. The normalized spacial score (nSPS) is 10.9. The average molecular weight is 262 g/mol. The number of benzene rings is 1. The summed E-state index contributed by atoms with van der Waals surface area (Å²) >= 11 is 0. The summed E-state index contributed by atoms with van der Waals surface area (Å²) in [7, 11) is 5.66. The zero-order valence-electron chi connectivity index (χ0n) is 11.8. The van der Waals surface area contributed by atoms with E-state index in [0.29, 0.717) is 6.54 Å². The van der Waals surface area contributed by atoms with Crippen LogP contribution in [-0.2, 0) is 4.79 Å². The number of methoxy groups -OCH3 is 1. The van der Waals surface area contributed by atoms with Crippen LogP contribution in [0.5, 0.6) is 5.75 Å². The quantitative estimate of drug-likeness (QED) is 0.601. The van der Waals surface area contributed by atoms with E-state index in [4.69, 9.17) is 4.74 Å². The van der Waals surface area contributed by atoms with Gasteiger partial charge in [-0.1, -0.05) is 12.1 Å². The lowest BCUT2D eigenvalue weighted by Crippen LogP contribution is -2.25. The van der Waals surface area contributed by atoms with Crippen molar-refractivity contribution in [2.45, 2.75) is 6.42 Å². The first-order chi connectivity index (χ1) is 9.11. The Morgan fingerprint density at radius 3 is 2.89 bits per heavy atom. The molecule has 1 amide bonds. The van der Waals surface area contributed by atoms with Gasteiger partial charge in [0.25, 0.3) is 0 Å². The highest BCUT2D eigenvalue weighted by molar-refractivity contribution is 5.91. The van der Waals surface area contributed by atoms with Crippen molar-refractivity contribution in [3.8, 4) is 5.75 Å². The van der Waals surface area contributed by atoms with Crippen molar-refractivity contribution in [2.24, 2.45) is 0 Å². The van der Waals surface area contributed by atoms with E-state index in [1.165, 1.54) is 0 Å². The molecule has 104 valence electrons. The van der Waals surface area contributed by atoms with Crippen LogP contribution >= 0.6 is 0 Å². The molecular weight excluding hydrogens is 240 g/mol. The number of rotatable bonds is 7. The SMILES string of the molecule is COc1cccc(/C=C/C(=O)NCCCN(C)C)c1. The summed E-state index contributed by atoms with van der Waals surface area (Å²) < 4.78 is 5.12. The maximum Gasteiger partial charge on any atom is 0.243 e. The molecule has 0 atom stereocenters. The maximum atomic E-state index is 11.6. The molecule has 1 N–H and O–H groups in total. The van der Waals surface area contributed by atoms with Crippen LogP contribution in [0.3, 0.4) is 0 Å². The summed E-state index contributed by atoms with van der Waals surface area (Å²) in [6.45, 7) is 1.67. The van der Waals surface area contributed by atoms with Gasteiger partial charge in [-0.3, -0.25) is 4.79 Å². The molecule has 0 heterocycles. The van der Waals surface area contributed by atoms with Gasteiger partial charge in [0.2, 0.25) is 5.91 Å². The van der Waals surface area contributed by atoms with E-state index in [1.54, 1.807) is 19.3 Å². The van der Waals surface area contributed by atoms with E-state index >= 15 is 0 Å². The second-order valence-electron chi connectivity index (χ2n) is 4.56. The van der Waals surface area contributed by atoms with Gasteiger partial charge in [-0.05, 0) is 50.8 Å². The van der Waals surface area contributed by atoms with Gasteiger partial charge in [0.1, 0.15) is 5.75 Å². The summed E-state index contributed by atoms with van der Waals surface area (Å²) in [5, 5.41) is 2.85. The third-order valence-electron chi connectivity index (χ3n) is 2.60. The molecule has 1 aromatic carbocycles. The monoisotopic (exact) mass is 262 g/mol. The molecule has 19 heavy (non-hydrogen) atoms. The fourth-order valence-electron chi connectivity index (χ4n) is 1.58. The first-order valence-electron chi connectivity index (χ1n) is 6.36. The Kier molecular flexibility index (Phi) is 6.68. The Balaban J connectivity index is 2.36. The number of ether oxygens (including phenoxy) is 1. The molecule has 4 heteroatoms. The molecule has 1 aromatic rings. The van der Waals surface area contributed by atoms with E-state index in [2.05, 4.69) is 10.2 Å². The highest BCUT2D eigenvalue weighted by atomic mass is 16.5. The van der Waals surface area contributed by atoms with Crippen LogP contribution in [0.1, 0.15) is 12.0 Å². The van der Waals surface area contributed by atoms with E-state index in [0.717, 1.165) is 24.3 Å². The Labute approximate surface area is 115 Å². The lowest BCUT2D eigenvalue weighted by molar-refractivity contribution is -0.116. The minimum atomic E-state index is -0.0680. The molecule has 0 unspecified atom stereocenters. The standard InChI is InChI=1S/C15H22N2O2/c1-17(2)11-5-10-16-15(18)9-8-13-6-4-7-14(12-13)19-3/h4,6-9,12H,5,10-11H2,1-3H3,(H,16,18)/b9-8+. The van der Waals surface area contributed by atoms with Crippen LogP contribution in [0.25, 0.3) is 6.08 Å². The summed E-state index contributed by atoms with van der Waals surface area (Å²) in [4.78, 5) is 13.7. The zero-order chi connectivity index (χ0) is 14.1. The molecule has 0 aliphatic rings. The summed E-state index contributed by atoms with van der Waals surface area (Å²) in [5.41, 5.74) is 0.947. The Morgan fingerprint density at radius 1 is 1.42 bits per heavy atom. The number of nitrogens with zero attached hydrogens (tertiary/aromatic N) is 1. The average Bonchev–Trinajstić information content (AvgIpc) is 2.41. The molecule has 0 bridgehead atoms. The fourth-order valence-corrected chi connectivity index (χ4v) is 1.58. The van der Waals surface area contributed by atoms with Crippen LogP contribution in [0.2, 0.25) is 0 Å². The van der Waals surface area contributed by atoms with E-state index in [1.807, 2.05) is 38.4 Å². The van der Waals surface area contributed by atoms with Crippen LogP contribution in [0.15, 0.2) is 30.3 Å². The molecule has 0 saturated heterocycles. The van der Waals surface area contributed by atoms with Crippen molar-refractivity contribution in [3.63, 3.8) is 0 Å². The van der Waals surface area contributed by atoms with Crippen molar-refractivity contribution < 1.29 is 9.53 Å². The number of hydrogen-bond acceptors (Lipinski definition) is 3. The Morgan fingerprint density at radius 2 is 2.21 bits per heavy atom. The molecule has 0 aromatic heterocycles. The van der Waals surface area contributed by atoms with Gasteiger partial charge in [0.05, 0.1) is 7.11 Å². The van der Waals surface area contributed by atoms with E-state index in [-0.39, 0.29) is 5.91 Å². The summed E-state index contributed by atoms with van der Waals surface area (Å²) in [6.07, 6.45) is 4.28. The fraction of sp³-hybridized carbons (Fsp3) is 0.400. The van der Waals surface area contributed by atoms with Crippen molar-refractivity contribution >= 4 is 12.0 Å². The van der Waals surface area contributed by atoms with Crippen molar-refractivity contribution in [2.75, 3.05) is 34.3 Å². The number of nitrogens with one attached hydrogen (secondary N) is 1. The number of carbonyl (C=O) groups is 1. The molecule has 0 aliphatic carbocycles. The molecule has 0 aliphatic heterocycles. The molecule has 1 rings (SSSR count). The molecular formula is C15H22N2O2. The van der Waals surface area contributed by atoms with Crippen LogP contribution in [0, 0.1) is 0 Å². The van der Waals surface area contributed by atoms with Crippen LogP contribution in [-0.4, -0.2) is 45.1 Å². The highest BCUT2D eigenvalue weighted by Gasteiger charge is 1.96. The molecule has 0 fully saturated rings. The second-order valence-corrected chi connectivity index (χ2v) is 4.56. The minimum Gasteiger partial charge on any atom is -0.497 e. The lowest BCUT2D eigenvalue weighted by Gasteiger charge is -2.08. The number of carbonyl (C=O) groups excluding carboxylic acids is 1. The molecule has 0 spiro atoms. The third kappa shape index (κ3) is 6.62. The van der Waals surface area contributed by atoms with Gasteiger partial charge in [0.15, 0.2) is 0 Å². The van der Waals surface area contributed by atoms with Gasteiger partial charge in [-0.25, -0.2) is 0 Å². The van der Waals surface area contributed by atoms with Gasteiger partial charge < -0.3 is 15.0 Å². The van der Waals surface area contributed by atoms with Gasteiger partial charge >= 0.3 is 0 Å². The van der Waals surface area contributed by atoms with Crippen LogP contribution < -0.4 is 10.1 Å². The van der Waals surface area contributed by atoms with Gasteiger partial charge in [0, 0.05) is 12.6 Å². The van der Waals surface area contributed by atoms with E-state index in [9.17, 15) is 4.79 Å². The lowest BCUT2D eigenvalue weighted by atomic mass is 10.2. The minimum absolute atomic E-state index is 0.0680. The highest BCUT2D eigenvalue weighted by Crippen LogP contribution is 2.13. The maximum absolute atomic E-state index is 11.6. The van der Waals surface area contributed by atoms with Gasteiger partial charge in [-0.2, -0.15) is 0 Å². The molecule has 0 radical (unpaired) electrons. The van der Waals surface area contributed by atoms with Crippen molar-refractivity contribution in [1.29, 1.82) is 0 Å². The Bertz CT molecular complexity index is 428. The molecule has 0 saturated carbocycles. The smallest absolute Gasteiger partial charge is 0.243 e. The zero-order valence-corrected chi connectivity index (χ0v) is 11.8. The van der Waals surface area contributed by atoms with Crippen molar-refractivity contribution in [1.82, 2.24) is 10.2 Å². The first-order valence-corrected chi connectivity index (χ1v) is 6.36. The van der Waals surface area contributed by atoms with Crippen LogP contribution in [0.4, 0.5) is 0 Å². The summed E-state index contributed by atoms with van der Waals surface area (Å²) in [6, 6.07) is 7.58. The largest absolute Gasteiger partial charge is 0.497 e. The van der Waals surface area contributed by atoms with E-state index < -0.39 is 0 Å². The first kappa shape index (κ1) is 15.2. The number of amides is 1. The Hall–Kier alpha value is -1.81. The predicted octanol–water partition coefficient (Wildman–Crippen LogP) is 1.78. The topological polar surface area (TPSA) is 41.6 Å². The summed E-state index contributed by atoms with van der Waals surface area (Å²) in [5.74, 6) is 0.718. The second kappa shape index (κ2) is 8.32. The molecule has 4 nitrogen and oxygen atoms in total. The predicted molar refractivity (Wildman–Crippen MR) is 78.2 cm³/mol.